The van der Waals surface area contributed by atoms with Gasteiger partial charge in [0.05, 0.1) is 0 Å². The van der Waals surface area contributed by atoms with Crippen molar-refractivity contribution < 1.29 is 0 Å². The first kappa shape index (κ1) is 15.0. The number of rotatable bonds is 2. The van der Waals surface area contributed by atoms with Gasteiger partial charge in [-0.25, -0.2) is 4.98 Å². The van der Waals surface area contributed by atoms with Gasteiger partial charge in [-0.15, -0.1) is 0 Å². The monoisotopic (exact) mass is 318 g/mol. The molecule has 1 aliphatic heterocycles. The molecule has 0 saturated carbocycles. The molecule has 0 unspecified atom stereocenters. The fourth-order valence-electron chi connectivity index (χ4n) is 3.40. The highest BCUT2D eigenvalue weighted by Crippen LogP contribution is 2.31. The number of nitrogen functional groups attached to an aromatic ring is 1. The molecule has 2 heterocycles. The number of anilines is 3. The van der Waals surface area contributed by atoms with Crippen molar-refractivity contribution in [3.63, 3.8) is 0 Å². The van der Waals surface area contributed by atoms with E-state index >= 15 is 0 Å². The summed E-state index contributed by atoms with van der Waals surface area (Å²) in [6.45, 7) is 4.16. The first-order valence-electron chi connectivity index (χ1n) is 8.33. The molecule has 0 spiro atoms. The number of aromatic nitrogens is 1. The second-order valence-corrected chi connectivity index (χ2v) is 6.65. The molecule has 0 aliphatic carbocycles. The molecule has 24 heavy (non-hydrogen) atoms. The third-order valence-corrected chi connectivity index (χ3v) is 4.88. The Labute approximate surface area is 142 Å². The molecule has 1 aliphatic rings. The summed E-state index contributed by atoms with van der Waals surface area (Å²) in [5.74, 6) is 0.850. The molecule has 0 amide bonds. The third kappa shape index (κ3) is 2.59. The van der Waals surface area contributed by atoms with Crippen LogP contribution in [0.5, 0.6) is 0 Å². The van der Waals surface area contributed by atoms with Gasteiger partial charge in [-0.05, 0) is 55.3 Å². The highest BCUT2D eigenvalue weighted by Gasteiger charge is 2.14. The number of hydrogen-bond acceptors (Lipinski definition) is 4. The highest BCUT2D eigenvalue weighted by molar-refractivity contribution is 6.01. The fourth-order valence-corrected chi connectivity index (χ4v) is 3.40. The lowest BCUT2D eigenvalue weighted by Gasteiger charge is -2.25. The van der Waals surface area contributed by atoms with Crippen LogP contribution in [-0.2, 0) is 13.0 Å². The van der Waals surface area contributed by atoms with E-state index in [0.29, 0.717) is 0 Å². The Balaban J connectivity index is 1.72. The van der Waals surface area contributed by atoms with Gasteiger partial charge in [-0.2, -0.15) is 0 Å². The van der Waals surface area contributed by atoms with Gasteiger partial charge in [0, 0.05) is 41.4 Å². The second kappa shape index (κ2) is 5.80. The van der Waals surface area contributed by atoms with Crippen LogP contribution in [0.15, 0.2) is 42.6 Å². The summed E-state index contributed by atoms with van der Waals surface area (Å²) >= 11 is 0. The Morgan fingerprint density at radius 1 is 1.08 bits per heavy atom. The third-order valence-electron chi connectivity index (χ3n) is 4.88. The average Bonchev–Trinajstić information content (AvgIpc) is 2.58. The van der Waals surface area contributed by atoms with Crippen molar-refractivity contribution in [2.24, 2.45) is 0 Å². The summed E-state index contributed by atoms with van der Waals surface area (Å²) in [6.07, 6.45) is 2.93. The predicted molar refractivity (Wildman–Crippen MR) is 101 cm³/mol. The van der Waals surface area contributed by atoms with E-state index < -0.39 is 0 Å². The van der Waals surface area contributed by atoms with Gasteiger partial charge in [0.15, 0.2) is 0 Å². The molecule has 0 fully saturated rings. The summed E-state index contributed by atoms with van der Waals surface area (Å²) in [5, 5.41) is 5.57. The molecule has 0 bridgehead atoms. The fraction of sp³-hybridized carbons (Fsp3) is 0.250. The normalized spacial score (nSPS) is 14.6. The lowest BCUT2D eigenvalue weighted by Crippen LogP contribution is -2.26. The van der Waals surface area contributed by atoms with E-state index in [0.717, 1.165) is 53.0 Å². The molecule has 3 aromatic rings. The van der Waals surface area contributed by atoms with Gasteiger partial charge in [-0.3, -0.25) is 0 Å². The molecule has 0 radical (unpaired) electrons. The lowest BCUT2D eigenvalue weighted by atomic mass is 9.99. The summed E-state index contributed by atoms with van der Waals surface area (Å²) in [7, 11) is 2.17. The first-order valence-corrected chi connectivity index (χ1v) is 8.33. The maximum absolute atomic E-state index is 6.23. The van der Waals surface area contributed by atoms with E-state index in [-0.39, 0.29) is 0 Å². The Bertz CT molecular complexity index is 917. The van der Waals surface area contributed by atoms with Gasteiger partial charge >= 0.3 is 0 Å². The van der Waals surface area contributed by atoms with Crippen LogP contribution in [0.1, 0.15) is 16.7 Å². The quantitative estimate of drug-likeness (QED) is 0.705. The molecule has 0 atom stereocenters. The largest absolute Gasteiger partial charge is 0.398 e. The van der Waals surface area contributed by atoms with E-state index in [1.165, 1.54) is 11.1 Å². The minimum absolute atomic E-state index is 0.824. The van der Waals surface area contributed by atoms with Gasteiger partial charge in [0.1, 0.15) is 5.82 Å². The summed E-state index contributed by atoms with van der Waals surface area (Å²) < 4.78 is 0. The van der Waals surface area contributed by atoms with Crippen LogP contribution in [0.25, 0.3) is 10.8 Å². The minimum Gasteiger partial charge on any atom is -0.398 e. The van der Waals surface area contributed by atoms with Crippen molar-refractivity contribution in [2.45, 2.75) is 19.9 Å². The van der Waals surface area contributed by atoms with Crippen LogP contribution < -0.4 is 11.1 Å². The van der Waals surface area contributed by atoms with Crippen LogP contribution in [0.2, 0.25) is 0 Å². The van der Waals surface area contributed by atoms with E-state index in [1.807, 2.05) is 25.3 Å². The molecule has 4 rings (SSSR count). The Morgan fingerprint density at radius 3 is 2.83 bits per heavy atom. The molecule has 2 aromatic carbocycles. The molecular weight excluding hydrogens is 296 g/mol. The molecule has 0 saturated heterocycles. The van der Waals surface area contributed by atoms with Crippen molar-refractivity contribution in [3.05, 3.63) is 59.3 Å². The van der Waals surface area contributed by atoms with Gasteiger partial charge < -0.3 is 16.0 Å². The number of nitrogens with one attached hydrogen (secondary N) is 1. The second-order valence-electron chi connectivity index (χ2n) is 6.65. The maximum atomic E-state index is 6.23. The highest BCUT2D eigenvalue weighted by atomic mass is 15.1. The van der Waals surface area contributed by atoms with E-state index in [4.69, 9.17) is 5.73 Å². The minimum atomic E-state index is 0.824. The predicted octanol–water partition coefficient (Wildman–Crippen LogP) is 3.86. The molecule has 4 heteroatoms. The van der Waals surface area contributed by atoms with E-state index in [2.05, 4.69) is 46.5 Å². The number of likely N-dealkylation sites (N-methyl/N-ethyl adjacent to an activating group) is 1. The number of pyridine rings is 1. The topological polar surface area (TPSA) is 54.2 Å². The van der Waals surface area contributed by atoms with Crippen LogP contribution in [0.3, 0.4) is 0 Å². The maximum Gasteiger partial charge on any atom is 0.138 e. The smallest absolute Gasteiger partial charge is 0.138 e. The number of hydrogen-bond donors (Lipinski definition) is 2. The Kier molecular flexibility index (Phi) is 3.62. The van der Waals surface area contributed by atoms with E-state index in [9.17, 15) is 0 Å². The summed E-state index contributed by atoms with van der Waals surface area (Å²) in [6, 6.07) is 12.7. The van der Waals surface area contributed by atoms with Crippen molar-refractivity contribution in [1.29, 1.82) is 0 Å². The SMILES string of the molecule is Cc1ccc2c(Nc3ccc4c(c3)CN(C)CC4)nccc2c1N. The van der Waals surface area contributed by atoms with Crippen molar-refractivity contribution in [3.8, 4) is 0 Å². The van der Waals surface area contributed by atoms with Gasteiger partial charge in [0.2, 0.25) is 0 Å². The number of benzene rings is 2. The number of fused-ring (bicyclic) bond motifs is 2. The zero-order valence-corrected chi connectivity index (χ0v) is 14.1. The van der Waals surface area contributed by atoms with Crippen LogP contribution in [0.4, 0.5) is 17.2 Å². The Hall–Kier alpha value is -2.59. The molecule has 4 nitrogen and oxygen atoms in total. The summed E-state index contributed by atoms with van der Waals surface area (Å²) in [4.78, 5) is 6.88. The van der Waals surface area contributed by atoms with Crippen molar-refractivity contribution in [1.82, 2.24) is 9.88 Å². The van der Waals surface area contributed by atoms with Crippen molar-refractivity contribution in [2.75, 3.05) is 24.6 Å². The number of nitrogens with zero attached hydrogens (tertiary/aromatic N) is 2. The lowest BCUT2D eigenvalue weighted by molar-refractivity contribution is 0.313. The number of aryl methyl sites for hydroxylation is 1. The molecule has 3 N–H and O–H groups in total. The Morgan fingerprint density at radius 2 is 1.96 bits per heavy atom. The van der Waals surface area contributed by atoms with Crippen molar-refractivity contribution >= 4 is 28.0 Å². The van der Waals surface area contributed by atoms with E-state index in [1.54, 1.807) is 0 Å². The molecule has 1 aromatic heterocycles. The zero-order valence-electron chi connectivity index (χ0n) is 14.1. The van der Waals surface area contributed by atoms with Crippen LogP contribution >= 0.6 is 0 Å². The molecule has 122 valence electrons. The van der Waals surface area contributed by atoms with Crippen LogP contribution in [-0.4, -0.2) is 23.5 Å². The standard InChI is InChI=1S/C20H22N4/c1-13-3-6-18-17(19(13)21)7-9-22-20(18)23-16-5-4-14-8-10-24(2)12-15(14)11-16/h3-7,9,11H,8,10,12,21H2,1-2H3,(H,22,23). The van der Waals surface area contributed by atoms with Gasteiger partial charge in [-0.1, -0.05) is 18.2 Å². The number of nitrogens with two attached hydrogens (primary N) is 1. The molecular formula is C20H22N4. The summed E-state index contributed by atoms with van der Waals surface area (Å²) in [5.41, 5.74) is 12.1. The van der Waals surface area contributed by atoms with Gasteiger partial charge in [0.25, 0.3) is 0 Å². The zero-order chi connectivity index (χ0) is 16.7. The average molecular weight is 318 g/mol. The van der Waals surface area contributed by atoms with Crippen LogP contribution in [0, 0.1) is 6.92 Å². The first-order chi connectivity index (χ1) is 11.6.